The summed E-state index contributed by atoms with van der Waals surface area (Å²) in [6.45, 7) is 1.98. The summed E-state index contributed by atoms with van der Waals surface area (Å²) >= 11 is 0. The summed E-state index contributed by atoms with van der Waals surface area (Å²) in [6.07, 6.45) is 3.66. The number of hydrogen-bond acceptors (Lipinski definition) is 2. The summed E-state index contributed by atoms with van der Waals surface area (Å²) in [6, 6.07) is 7.65. The Labute approximate surface area is 102 Å². The SMILES string of the molecule is COc1ccc(NC(=N)N2CCCCC2)cc1. The first kappa shape index (κ1) is 11.8. The molecule has 4 nitrogen and oxygen atoms in total. The number of rotatable bonds is 2. The van der Waals surface area contributed by atoms with Crippen molar-refractivity contribution in [1.82, 2.24) is 4.90 Å². The highest BCUT2D eigenvalue weighted by Gasteiger charge is 2.13. The molecule has 0 atom stereocenters. The van der Waals surface area contributed by atoms with Gasteiger partial charge >= 0.3 is 0 Å². The van der Waals surface area contributed by atoms with Crippen molar-refractivity contribution in [2.75, 3.05) is 25.5 Å². The summed E-state index contributed by atoms with van der Waals surface area (Å²) in [5.41, 5.74) is 0.932. The van der Waals surface area contributed by atoms with Gasteiger partial charge in [-0.05, 0) is 43.5 Å². The van der Waals surface area contributed by atoms with Crippen molar-refractivity contribution in [3.8, 4) is 5.75 Å². The van der Waals surface area contributed by atoms with Gasteiger partial charge in [0, 0.05) is 18.8 Å². The van der Waals surface area contributed by atoms with Crippen LogP contribution in [0.15, 0.2) is 24.3 Å². The Morgan fingerprint density at radius 1 is 1.18 bits per heavy atom. The molecule has 1 aromatic rings. The largest absolute Gasteiger partial charge is 0.497 e. The van der Waals surface area contributed by atoms with Gasteiger partial charge in [-0.15, -0.1) is 0 Å². The van der Waals surface area contributed by atoms with E-state index < -0.39 is 0 Å². The molecule has 4 heteroatoms. The maximum absolute atomic E-state index is 8.00. The van der Waals surface area contributed by atoms with Crippen LogP contribution in [-0.4, -0.2) is 31.1 Å². The van der Waals surface area contributed by atoms with Crippen molar-refractivity contribution in [1.29, 1.82) is 5.41 Å². The van der Waals surface area contributed by atoms with Crippen molar-refractivity contribution in [3.63, 3.8) is 0 Å². The van der Waals surface area contributed by atoms with Crippen LogP contribution in [0.25, 0.3) is 0 Å². The first-order valence-corrected chi connectivity index (χ1v) is 6.04. The summed E-state index contributed by atoms with van der Waals surface area (Å²) in [5.74, 6) is 1.33. The molecule has 1 heterocycles. The smallest absolute Gasteiger partial charge is 0.195 e. The molecule has 0 amide bonds. The van der Waals surface area contributed by atoms with Gasteiger partial charge in [0.05, 0.1) is 7.11 Å². The van der Waals surface area contributed by atoms with Gasteiger partial charge in [0.2, 0.25) is 0 Å². The number of nitrogens with one attached hydrogen (secondary N) is 2. The predicted molar refractivity (Wildman–Crippen MR) is 69.8 cm³/mol. The highest BCUT2D eigenvalue weighted by molar-refractivity contribution is 5.91. The van der Waals surface area contributed by atoms with E-state index in [9.17, 15) is 0 Å². The maximum atomic E-state index is 8.00. The van der Waals surface area contributed by atoms with Crippen molar-refractivity contribution in [2.24, 2.45) is 0 Å². The Balaban J connectivity index is 1.92. The molecule has 1 fully saturated rings. The standard InChI is InChI=1S/C13H19N3O/c1-17-12-7-5-11(6-8-12)15-13(14)16-9-3-2-4-10-16/h5-8H,2-4,9-10H2,1H3,(H2,14,15). The minimum absolute atomic E-state index is 0.495. The number of nitrogens with zero attached hydrogens (tertiary/aromatic N) is 1. The maximum Gasteiger partial charge on any atom is 0.195 e. The van der Waals surface area contributed by atoms with Crippen molar-refractivity contribution in [2.45, 2.75) is 19.3 Å². The van der Waals surface area contributed by atoms with E-state index in [0.29, 0.717) is 5.96 Å². The fraction of sp³-hybridized carbons (Fsp3) is 0.462. The molecule has 1 saturated heterocycles. The van der Waals surface area contributed by atoms with Crippen LogP contribution in [0.4, 0.5) is 5.69 Å². The van der Waals surface area contributed by atoms with E-state index >= 15 is 0 Å². The fourth-order valence-electron chi connectivity index (χ4n) is 2.01. The normalized spacial score (nSPS) is 15.5. The highest BCUT2D eigenvalue weighted by atomic mass is 16.5. The molecule has 0 saturated carbocycles. The zero-order valence-corrected chi connectivity index (χ0v) is 10.2. The highest BCUT2D eigenvalue weighted by Crippen LogP contribution is 2.16. The average Bonchev–Trinajstić information content (AvgIpc) is 2.40. The van der Waals surface area contributed by atoms with Gasteiger partial charge in [-0.1, -0.05) is 0 Å². The number of likely N-dealkylation sites (tertiary alicyclic amines) is 1. The molecule has 1 aromatic carbocycles. The van der Waals surface area contributed by atoms with Crippen LogP contribution < -0.4 is 10.1 Å². The fourth-order valence-corrected chi connectivity index (χ4v) is 2.01. The van der Waals surface area contributed by atoms with E-state index in [4.69, 9.17) is 10.1 Å². The monoisotopic (exact) mass is 233 g/mol. The second kappa shape index (κ2) is 5.57. The zero-order valence-electron chi connectivity index (χ0n) is 10.2. The molecule has 0 radical (unpaired) electrons. The van der Waals surface area contributed by atoms with Crippen molar-refractivity contribution in [3.05, 3.63) is 24.3 Å². The molecule has 0 bridgehead atoms. The number of piperidine rings is 1. The van der Waals surface area contributed by atoms with E-state index in [0.717, 1.165) is 24.5 Å². The van der Waals surface area contributed by atoms with Crippen LogP contribution in [0.1, 0.15) is 19.3 Å². The average molecular weight is 233 g/mol. The Kier molecular flexibility index (Phi) is 3.85. The lowest BCUT2D eigenvalue weighted by Gasteiger charge is -2.29. The Bertz CT molecular complexity index is 369. The molecular formula is C13H19N3O. The van der Waals surface area contributed by atoms with E-state index in [1.54, 1.807) is 7.11 Å². The minimum Gasteiger partial charge on any atom is -0.497 e. The molecule has 1 aliphatic rings. The van der Waals surface area contributed by atoms with Crippen molar-refractivity contribution >= 4 is 11.6 Å². The third-order valence-corrected chi connectivity index (χ3v) is 3.03. The Morgan fingerprint density at radius 3 is 2.41 bits per heavy atom. The summed E-state index contributed by atoms with van der Waals surface area (Å²) in [7, 11) is 1.65. The molecule has 17 heavy (non-hydrogen) atoms. The van der Waals surface area contributed by atoms with E-state index in [2.05, 4.69) is 10.2 Å². The summed E-state index contributed by atoms with van der Waals surface area (Å²) in [5, 5.41) is 11.1. The molecule has 2 rings (SSSR count). The van der Waals surface area contributed by atoms with Gasteiger partial charge in [0.25, 0.3) is 0 Å². The van der Waals surface area contributed by atoms with Crippen LogP contribution in [0.5, 0.6) is 5.75 Å². The third kappa shape index (κ3) is 3.12. The first-order valence-electron chi connectivity index (χ1n) is 6.04. The van der Waals surface area contributed by atoms with Crippen molar-refractivity contribution < 1.29 is 4.74 Å². The zero-order chi connectivity index (χ0) is 12.1. The van der Waals surface area contributed by atoms with Gasteiger partial charge < -0.3 is 15.0 Å². The molecular weight excluding hydrogens is 214 g/mol. The van der Waals surface area contributed by atoms with Crippen LogP contribution in [0.2, 0.25) is 0 Å². The number of guanidine groups is 1. The van der Waals surface area contributed by atoms with Crippen LogP contribution in [0.3, 0.4) is 0 Å². The van der Waals surface area contributed by atoms with E-state index in [1.807, 2.05) is 24.3 Å². The first-order chi connectivity index (χ1) is 8.29. The molecule has 1 aliphatic heterocycles. The number of hydrogen-bond donors (Lipinski definition) is 2. The van der Waals surface area contributed by atoms with E-state index in [-0.39, 0.29) is 0 Å². The second-order valence-corrected chi connectivity index (χ2v) is 4.25. The number of methoxy groups -OCH3 is 1. The molecule has 0 aromatic heterocycles. The quantitative estimate of drug-likeness (QED) is 0.609. The van der Waals surface area contributed by atoms with Gasteiger partial charge in [-0.3, -0.25) is 5.41 Å². The van der Waals surface area contributed by atoms with Crippen LogP contribution >= 0.6 is 0 Å². The van der Waals surface area contributed by atoms with Gasteiger partial charge in [0.15, 0.2) is 5.96 Å². The molecule has 2 N–H and O–H groups in total. The number of ether oxygens (including phenoxy) is 1. The van der Waals surface area contributed by atoms with Crippen LogP contribution in [-0.2, 0) is 0 Å². The molecule has 92 valence electrons. The summed E-state index contributed by atoms with van der Waals surface area (Å²) < 4.78 is 5.10. The Morgan fingerprint density at radius 2 is 1.82 bits per heavy atom. The lowest BCUT2D eigenvalue weighted by atomic mass is 10.1. The molecule has 0 spiro atoms. The van der Waals surface area contributed by atoms with Crippen LogP contribution in [0, 0.1) is 5.41 Å². The minimum atomic E-state index is 0.495. The molecule has 0 aliphatic carbocycles. The molecule has 0 unspecified atom stereocenters. The van der Waals surface area contributed by atoms with Gasteiger partial charge in [0.1, 0.15) is 5.75 Å². The topological polar surface area (TPSA) is 48.4 Å². The number of anilines is 1. The van der Waals surface area contributed by atoms with Gasteiger partial charge in [-0.25, -0.2) is 0 Å². The van der Waals surface area contributed by atoms with E-state index in [1.165, 1.54) is 19.3 Å². The predicted octanol–water partition coefficient (Wildman–Crippen LogP) is 2.53. The lowest BCUT2D eigenvalue weighted by molar-refractivity contribution is 0.340. The Hall–Kier alpha value is -1.71. The lowest BCUT2D eigenvalue weighted by Crippen LogP contribution is -2.39. The second-order valence-electron chi connectivity index (χ2n) is 4.25. The summed E-state index contributed by atoms with van der Waals surface area (Å²) in [4.78, 5) is 2.09. The van der Waals surface area contributed by atoms with Gasteiger partial charge in [-0.2, -0.15) is 0 Å². The third-order valence-electron chi connectivity index (χ3n) is 3.03. The number of benzene rings is 1.